The molecule has 2 heterocycles. The van der Waals surface area contributed by atoms with E-state index >= 15 is 0 Å². The molecule has 0 radical (unpaired) electrons. The lowest BCUT2D eigenvalue weighted by atomic mass is 10.0. The first-order valence-electron chi connectivity index (χ1n) is 15.3. The van der Waals surface area contributed by atoms with Crippen molar-refractivity contribution in [2.75, 3.05) is 29.0 Å². The average molecular weight is 655 g/mol. The monoisotopic (exact) mass is 654 g/mol. The number of hydrogen-bond donors (Lipinski definition) is 4. The van der Waals surface area contributed by atoms with Crippen LogP contribution in [0.4, 0.5) is 31.8 Å². The van der Waals surface area contributed by atoms with Crippen molar-refractivity contribution in [3.8, 4) is 0 Å². The first-order valence-corrected chi connectivity index (χ1v) is 15.3. The van der Waals surface area contributed by atoms with Gasteiger partial charge in [-0.1, -0.05) is 6.42 Å². The van der Waals surface area contributed by atoms with Crippen LogP contribution in [0.5, 0.6) is 0 Å². The number of aliphatic hydroxyl groups is 1. The second-order valence-electron chi connectivity index (χ2n) is 14.1. The predicted octanol–water partition coefficient (Wildman–Crippen LogP) is 3.91. The van der Waals surface area contributed by atoms with Crippen LogP contribution >= 0.6 is 0 Å². The summed E-state index contributed by atoms with van der Waals surface area (Å²) in [7, 11) is 0. The summed E-state index contributed by atoms with van der Waals surface area (Å²) in [6.07, 6.45) is -3.88. The maximum atomic E-state index is 13.2. The molecule has 0 spiro atoms. The van der Waals surface area contributed by atoms with Crippen LogP contribution < -0.4 is 21.5 Å². The van der Waals surface area contributed by atoms with Gasteiger partial charge in [0.2, 0.25) is 5.95 Å². The molecule has 0 bridgehead atoms. The Balaban J connectivity index is 2.02. The first kappa shape index (κ1) is 38.1. The minimum absolute atomic E-state index is 0.0136. The number of ether oxygens (including phenoxy) is 4. The Hall–Kier alpha value is -4.08. The maximum Gasteiger partial charge on any atom is 0.419 e. The molecule has 5 N–H and O–H groups in total. The van der Waals surface area contributed by atoms with Gasteiger partial charge in [-0.3, -0.25) is 19.5 Å². The van der Waals surface area contributed by atoms with Crippen molar-refractivity contribution in [2.45, 2.75) is 130 Å². The predicted molar refractivity (Wildman–Crippen MR) is 169 cm³/mol. The number of fused-ring (bicyclic) bond motifs is 1. The lowest BCUT2D eigenvalue weighted by molar-refractivity contribution is -0.154. The zero-order valence-electron chi connectivity index (χ0n) is 28.5. The van der Waals surface area contributed by atoms with E-state index in [-0.39, 0.29) is 37.0 Å². The van der Waals surface area contributed by atoms with E-state index in [1.807, 2.05) is 0 Å². The SMILES string of the molecule is CC(OC(=O)CCCCCN(C(=O)OC(C)(C)C)C(=O)OC(C)(C)C)C(O)C1CNc2nc(N)[nH]c(=O)c2N1C(=O)OC(C)(C)C. The fraction of sp³-hybridized carbons (Fsp3) is 0.733. The number of carbonyl (C=O) groups excluding carboxylic acids is 4. The van der Waals surface area contributed by atoms with Crippen LogP contribution in [0.25, 0.3) is 0 Å². The van der Waals surface area contributed by atoms with E-state index in [9.17, 15) is 29.1 Å². The van der Waals surface area contributed by atoms with Crippen molar-refractivity contribution in [3.63, 3.8) is 0 Å². The molecule has 3 amide bonds. The molecule has 1 aromatic rings. The number of anilines is 3. The second-order valence-corrected chi connectivity index (χ2v) is 14.1. The normalized spacial score (nSPS) is 16.3. The van der Waals surface area contributed by atoms with Gasteiger partial charge in [-0.15, -0.1) is 0 Å². The van der Waals surface area contributed by atoms with Crippen LogP contribution in [0, 0.1) is 0 Å². The Morgan fingerprint density at radius 1 is 0.957 bits per heavy atom. The number of amides is 3. The average Bonchev–Trinajstić information content (AvgIpc) is 2.86. The van der Waals surface area contributed by atoms with Gasteiger partial charge in [0.25, 0.3) is 5.56 Å². The smallest absolute Gasteiger partial charge is 0.419 e. The van der Waals surface area contributed by atoms with E-state index in [0.29, 0.717) is 19.3 Å². The number of aromatic nitrogens is 2. The molecule has 1 aliphatic heterocycles. The van der Waals surface area contributed by atoms with Gasteiger partial charge in [-0.05, 0) is 82.1 Å². The van der Waals surface area contributed by atoms with Crippen molar-refractivity contribution >= 4 is 41.7 Å². The van der Waals surface area contributed by atoms with Gasteiger partial charge in [0.05, 0.1) is 6.04 Å². The van der Waals surface area contributed by atoms with Crippen LogP contribution in [0.15, 0.2) is 4.79 Å². The Labute approximate surface area is 269 Å². The van der Waals surface area contributed by atoms with E-state index < -0.39 is 64.9 Å². The number of nitrogens with two attached hydrogens (primary N) is 1. The molecule has 16 nitrogen and oxygen atoms in total. The summed E-state index contributed by atoms with van der Waals surface area (Å²) in [6, 6.07) is -1.07. The zero-order valence-corrected chi connectivity index (χ0v) is 28.5. The summed E-state index contributed by atoms with van der Waals surface area (Å²) >= 11 is 0. The molecule has 3 atom stereocenters. The third kappa shape index (κ3) is 11.7. The van der Waals surface area contributed by atoms with E-state index in [4.69, 9.17) is 24.7 Å². The fourth-order valence-corrected chi connectivity index (χ4v) is 4.36. The number of nitrogens with one attached hydrogen (secondary N) is 2. The van der Waals surface area contributed by atoms with Gasteiger partial charge in [-0.25, -0.2) is 19.3 Å². The first-order chi connectivity index (χ1) is 21.0. The number of esters is 1. The summed E-state index contributed by atoms with van der Waals surface area (Å²) in [5.74, 6) is -0.732. The highest BCUT2D eigenvalue weighted by Gasteiger charge is 2.43. The molecule has 2 rings (SSSR count). The summed E-state index contributed by atoms with van der Waals surface area (Å²) in [5.41, 5.74) is 2.19. The number of aliphatic hydroxyl groups excluding tert-OH is 1. The molecule has 3 unspecified atom stereocenters. The van der Waals surface area contributed by atoms with Gasteiger partial charge < -0.3 is 35.1 Å². The molecule has 0 fully saturated rings. The van der Waals surface area contributed by atoms with Crippen LogP contribution in [-0.2, 0) is 23.7 Å². The second kappa shape index (κ2) is 15.0. The minimum atomic E-state index is -1.43. The maximum absolute atomic E-state index is 13.2. The van der Waals surface area contributed by atoms with Gasteiger partial charge >= 0.3 is 24.2 Å². The zero-order chi connectivity index (χ0) is 35.2. The van der Waals surface area contributed by atoms with Crippen LogP contribution in [-0.4, -0.2) is 92.4 Å². The summed E-state index contributed by atoms with van der Waals surface area (Å²) in [6.45, 7) is 16.5. The Morgan fingerprint density at radius 2 is 1.50 bits per heavy atom. The number of imide groups is 1. The van der Waals surface area contributed by atoms with E-state index in [1.165, 1.54) is 6.92 Å². The highest BCUT2D eigenvalue weighted by molar-refractivity contribution is 5.93. The van der Waals surface area contributed by atoms with Crippen molar-refractivity contribution < 1.29 is 43.2 Å². The highest BCUT2D eigenvalue weighted by Crippen LogP contribution is 2.30. The number of unbranched alkanes of at least 4 members (excludes halogenated alkanes) is 2. The number of H-pyrrole nitrogens is 1. The summed E-state index contributed by atoms with van der Waals surface area (Å²) < 4.78 is 21.7. The van der Waals surface area contributed by atoms with E-state index in [2.05, 4.69) is 15.3 Å². The fourth-order valence-electron chi connectivity index (χ4n) is 4.36. The molecular weight excluding hydrogens is 604 g/mol. The Bertz CT molecular complexity index is 1280. The number of carbonyl (C=O) groups is 4. The molecule has 0 saturated carbocycles. The molecule has 16 heteroatoms. The number of hydrogen-bond acceptors (Lipinski definition) is 13. The van der Waals surface area contributed by atoms with Crippen molar-refractivity contribution in [3.05, 3.63) is 10.4 Å². The van der Waals surface area contributed by atoms with Gasteiger partial charge in [0, 0.05) is 19.5 Å². The van der Waals surface area contributed by atoms with Crippen molar-refractivity contribution in [1.29, 1.82) is 0 Å². The molecule has 1 aromatic heterocycles. The standard InChI is InChI=1S/C30H50N6O10/c1-17(21(38)18-16-32-22-20(23(39)34-24(31)33-22)36(18)27(42)46-30(8,9)10)43-19(37)14-12-11-13-15-35(25(40)44-28(2,3)4)26(41)45-29(5,6)7/h17-18,21,38H,11-16H2,1-10H3,(H4,31,32,33,34,39). The lowest BCUT2D eigenvalue weighted by Gasteiger charge is -2.40. The summed E-state index contributed by atoms with van der Waals surface area (Å²) in [5, 5.41) is 14.1. The third-order valence-electron chi connectivity index (χ3n) is 6.24. The van der Waals surface area contributed by atoms with Gasteiger partial charge in [0.1, 0.15) is 29.0 Å². The highest BCUT2D eigenvalue weighted by atomic mass is 16.6. The van der Waals surface area contributed by atoms with Gasteiger partial charge in [0.15, 0.2) is 11.5 Å². The lowest BCUT2D eigenvalue weighted by Crippen LogP contribution is -2.59. The Morgan fingerprint density at radius 3 is 2.02 bits per heavy atom. The van der Waals surface area contributed by atoms with Crippen LogP contribution in [0.1, 0.15) is 94.9 Å². The molecule has 260 valence electrons. The number of nitrogens with zero attached hydrogens (tertiary/aromatic N) is 3. The van der Waals surface area contributed by atoms with Crippen molar-refractivity contribution in [1.82, 2.24) is 14.9 Å². The molecule has 0 saturated heterocycles. The Kier molecular flexibility index (Phi) is 12.4. The summed E-state index contributed by atoms with van der Waals surface area (Å²) in [4.78, 5) is 72.3. The molecule has 0 aromatic carbocycles. The topological polar surface area (TPSA) is 216 Å². The van der Waals surface area contributed by atoms with Crippen LogP contribution in [0.2, 0.25) is 0 Å². The largest absolute Gasteiger partial charge is 0.460 e. The molecular formula is C30H50N6O10. The van der Waals surface area contributed by atoms with E-state index in [0.717, 1.165) is 9.80 Å². The molecule has 46 heavy (non-hydrogen) atoms. The minimum Gasteiger partial charge on any atom is -0.460 e. The van der Waals surface area contributed by atoms with Gasteiger partial charge in [-0.2, -0.15) is 4.98 Å². The number of rotatable bonds is 9. The molecule has 0 aliphatic carbocycles. The van der Waals surface area contributed by atoms with Crippen LogP contribution in [0.3, 0.4) is 0 Å². The van der Waals surface area contributed by atoms with Crippen molar-refractivity contribution in [2.24, 2.45) is 0 Å². The molecule has 1 aliphatic rings. The van der Waals surface area contributed by atoms with E-state index in [1.54, 1.807) is 62.3 Å². The number of nitrogen functional groups attached to an aromatic ring is 1. The quantitative estimate of drug-likeness (QED) is 0.169. The number of aromatic amines is 1. The third-order valence-corrected chi connectivity index (χ3v) is 6.24.